The Labute approximate surface area is 202 Å². The van der Waals surface area contributed by atoms with E-state index in [2.05, 4.69) is 15.6 Å². The summed E-state index contributed by atoms with van der Waals surface area (Å²) in [7, 11) is 1.46. The van der Waals surface area contributed by atoms with Crippen LogP contribution >= 0.6 is 0 Å². The number of ketones is 1. The number of dihydropyridines is 1. The average molecular weight is 472 g/mol. The highest BCUT2D eigenvalue weighted by atomic mass is 16.5. The summed E-state index contributed by atoms with van der Waals surface area (Å²) in [4.78, 5) is 31.3. The minimum absolute atomic E-state index is 0.0209. The van der Waals surface area contributed by atoms with Gasteiger partial charge in [0.25, 0.3) is 5.91 Å². The number of furan rings is 1. The van der Waals surface area contributed by atoms with Crippen LogP contribution in [0, 0.1) is 0 Å². The number of phenolic OH excluding ortho intramolecular Hbond substituents is 1. The molecule has 5 rings (SSSR count). The van der Waals surface area contributed by atoms with Crippen molar-refractivity contribution in [3.05, 3.63) is 94.9 Å². The van der Waals surface area contributed by atoms with Gasteiger partial charge in [-0.15, -0.1) is 0 Å². The number of phenols is 1. The highest BCUT2D eigenvalue weighted by Gasteiger charge is 2.41. The van der Waals surface area contributed by atoms with Crippen LogP contribution in [-0.4, -0.2) is 28.9 Å². The second-order valence-electron chi connectivity index (χ2n) is 8.63. The Bertz CT molecular complexity index is 1340. The lowest BCUT2D eigenvalue weighted by Crippen LogP contribution is -2.37. The minimum Gasteiger partial charge on any atom is -0.504 e. The molecule has 3 N–H and O–H groups in total. The average Bonchev–Trinajstić information content (AvgIpc) is 3.39. The number of carbonyl (C=O) groups excluding carboxylic acids is 2. The molecule has 8 nitrogen and oxygen atoms in total. The fourth-order valence-corrected chi connectivity index (χ4v) is 4.89. The number of anilines is 1. The second-order valence-corrected chi connectivity index (χ2v) is 8.63. The molecule has 0 saturated carbocycles. The van der Waals surface area contributed by atoms with Gasteiger partial charge in [-0.3, -0.25) is 9.59 Å². The molecule has 178 valence electrons. The SMILES string of the molecule is COc1cc([C@H]2C(C(=O)Nc3ccccn3)=C(C)NC3=C2C(=O)C[C@@H](c2ccco2)C3)ccc1O. The predicted octanol–water partition coefficient (Wildman–Crippen LogP) is 4.39. The smallest absolute Gasteiger partial charge is 0.255 e. The molecule has 0 unspecified atom stereocenters. The molecule has 8 heteroatoms. The summed E-state index contributed by atoms with van der Waals surface area (Å²) < 4.78 is 10.9. The van der Waals surface area contributed by atoms with Crippen molar-refractivity contribution in [2.45, 2.75) is 31.6 Å². The number of benzene rings is 1. The van der Waals surface area contributed by atoms with E-state index in [-0.39, 0.29) is 35.5 Å². The first-order valence-electron chi connectivity index (χ1n) is 11.3. The number of Topliss-reactive ketones (excluding diaryl/α,β-unsaturated/α-hetero) is 1. The molecule has 0 saturated heterocycles. The van der Waals surface area contributed by atoms with Crippen LogP contribution in [-0.2, 0) is 9.59 Å². The molecule has 2 atom stereocenters. The van der Waals surface area contributed by atoms with Crippen molar-refractivity contribution in [3.63, 3.8) is 0 Å². The number of carbonyl (C=O) groups is 2. The van der Waals surface area contributed by atoms with Crippen LogP contribution in [0.5, 0.6) is 11.5 Å². The summed E-state index contributed by atoms with van der Waals surface area (Å²) in [6, 6.07) is 13.8. The summed E-state index contributed by atoms with van der Waals surface area (Å²) in [5.41, 5.74) is 3.03. The van der Waals surface area contributed by atoms with Gasteiger partial charge >= 0.3 is 0 Å². The molecule has 35 heavy (non-hydrogen) atoms. The van der Waals surface area contributed by atoms with Gasteiger partial charge in [-0.2, -0.15) is 0 Å². The van der Waals surface area contributed by atoms with Crippen LogP contribution in [0.1, 0.15) is 42.9 Å². The molecule has 0 radical (unpaired) electrons. The van der Waals surface area contributed by atoms with Gasteiger partial charge in [-0.1, -0.05) is 12.1 Å². The molecule has 2 aliphatic rings. The third kappa shape index (κ3) is 4.19. The molecule has 0 fully saturated rings. The van der Waals surface area contributed by atoms with E-state index in [4.69, 9.17) is 9.15 Å². The number of pyridine rings is 1. The van der Waals surface area contributed by atoms with E-state index in [0.29, 0.717) is 34.6 Å². The Kier molecular flexibility index (Phi) is 5.86. The first-order chi connectivity index (χ1) is 17.0. The molecular weight excluding hydrogens is 446 g/mol. The number of nitrogens with zero attached hydrogens (tertiary/aromatic N) is 1. The second kappa shape index (κ2) is 9.13. The summed E-state index contributed by atoms with van der Waals surface area (Å²) in [5, 5.41) is 16.3. The number of nitrogens with one attached hydrogen (secondary N) is 2. The Hall–Kier alpha value is -4.33. The van der Waals surface area contributed by atoms with Gasteiger partial charge in [0, 0.05) is 47.0 Å². The van der Waals surface area contributed by atoms with Crippen LogP contribution in [0.15, 0.2) is 87.9 Å². The van der Waals surface area contributed by atoms with Crippen LogP contribution < -0.4 is 15.4 Å². The van der Waals surface area contributed by atoms with Crippen molar-refractivity contribution in [2.75, 3.05) is 12.4 Å². The molecule has 2 aromatic heterocycles. The molecule has 3 heterocycles. The Balaban J connectivity index is 1.60. The van der Waals surface area contributed by atoms with E-state index in [1.54, 1.807) is 42.8 Å². The quantitative estimate of drug-likeness (QED) is 0.506. The molecular formula is C27H25N3O5. The summed E-state index contributed by atoms with van der Waals surface area (Å²) in [6.45, 7) is 1.82. The maximum Gasteiger partial charge on any atom is 0.255 e. The van der Waals surface area contributed by atoms with Crippen LogP contribution in [0.3, 0.4) is 0 Å². The van der Waals surface area contributed by atoms with Crippen LogP contribution in [0.4, 0.5) is 5.82 Å². The van der Waals surface area contributed by atoms with Gasteiger partial charge in [0.05, 0.1) is 13.4 Å². The molecule has 0 spiro atoms. The molecule has 1 aromatic carbocycles. The normalized spacial score (nSPS) is 19.8. The van der Waals surface area contributed by atoms with Crippen LogP contribution in [0.2, 0.25) is 0 Å². The number of aromatic nitrogens is 1. The van der Waals surface area contributed by atoms with E-state index >= 15 is 0 Å². The zero-order chi connectivity index (χ0) is 24.5. The largest absolute Gasteiger partial charge is 0.504 e. The third-order valence-electron chi connectivity index (χ3n) is 6.46. The summed E-state index contributed by atoms with van der Waals surface area (Å²) >= 11 is 0. The van der Waals surface area contributed by atoms with E-state index in [1.807, 2.05) is 19.1 Å². The Morgan fingerprint density at radius 3 is 2.77 bits per heavy atom. The van der Waals surface area contributed by atoms with Crippen molar-refractivity contribution in [1.82, 2.24) is 10.3 Å². The molecule has 1 aliphatic heterocycles. The Morgan fingerprint density at radius 1 is 1.20 bits per heavy atom. The number of rotatable bonds is 5. The van der Waals surface area contributed by atoms with E-state index in [0.717, 1.165) is 11.5 Å². The van der Waals surface area contributed by atoms with E-state index < -0.39 is 5.92 Å². The monoisotopic (exact) mass is 471 g/mol. The maximum absolute atomic E-state index is 13.6. The lowest BCUT2D eigenvalue weighted by molar-refractivity contribution is -0.116. The van der Waals surface area contributed by atoms with Crippen molar-refractivity contribution in [1.29, 1.82) is 0 Å². The number of methoxy groups -OCH3 is 1. The number of hydrogen-bond donors (Lipinski definition) is 3. The zero-order valence-electron chi connectivity index (χ0n) is 19.4. The van der Waals surface area contributed by atoms with Crippen molar-refractivity contribution >= 4 is 17.5 Å². The van der Waals surface area contributed by atoms with Crippen molar-refractivity contribution in [2.24, 2.45) is 0 Å². The molecule has 1 aliphatic carbocycles. The molecule has 0 bridgehead atoms. The van der Waals surface area contributed by atoms with Gasteiger partial charge in [0.1, 0.15) is 11.6 Å². The highest BCUT2D eigenvalue weighted by Crippen LogP contribution is 2.46. The van der Waals surface area contributed by atoms with Crippen LogP contribution in [0.25, 0.3) is 0 Å². The zero-order valence-corrected chi connectivity index (χ0v) is 19.4. The molecule has 3 aromatic rings. The summed E-state index contributed by atoms with van der Waals surface area (Å²) in [6.07, 6.45) is 4.05. The molecule has 1 amide bonds. The first-order valence-corrected chi connectivity index (χ1v) is 11.3. The fraction of sp³-hybridized carbons (Fsp3) is 0.222. The van der Waals surface area contributed by atoms with Gasteiger partial charge < -0.3 is 24.9 Å². The Morgan fingerprint density at radius 2 is 2.06 bits per heavy atom. The highest BCUT2D eigenvalue weighted by molar-refractivity contribution is 6.09. The van der Waals surface area contributed by atoms with Gasteiger partial charge in [-0.25, -0.2) is 4.98 Å². The standard InChI is InChI=1S/C27H25N3O5/c1-15-24(27(33)30-23-7-3-4-10-28-23)25(16-8-9-19(31)22(14-16)34-2)26-18(29-15)12-17(13-20(26)32)21-6-5-11-35-21/h3-11,14,17,25,29,31H,12-13H2,1-2H3,(H,28,30,33)/t17-,25-/m0/s1. The number of hydrogen-bond acceptors (Lipinski definition) is 7. The number of aromatic hydroxyl groups is 1. The van der Waals surface area contributed by atoms with Gasteiger partial charge in [-0.05, 0) is 55.3 Å². The topological polar surface area (TPSA) is 114 Å². The van der Waals surface area contributed by atoms with Gasteiger partial charge in [0.2, 0.25) is 0 Å². The fourth-order valence-electron chi connectivity index (χ4n) is 4.89. The number of ether oxygens (including phenoxy) is 1. The summed E-state index contributed by atoms with van der Waals surface area (Å²) in [5.74, 6) is 0.257. The van der Waals surface area contributed by atoms with Gasteiger partial charge in [0.15, 0.2) is 17.3 Å². The lowest BCUT2D eigenvalue weighted by atomic mass is 9.72. The number of allylic oxidation sites excluding steroid dienone is 3. The first kappa shape index (κ1) is 22.5. The predicted molar refractivity (Wildman–Crippen MR) is 129 cm³/mol. The van der Waals surface area contributed by atoms with E-state index in [9.17, 15) is 14.7 Å². The number of amides is 1. The third-order valence-corrected chi connectivity index (χ3v) is 6.46. The maximum atomic E-state index is 13.6. The van der Waals surface area contributed by atoms with Crippen molar-refractivity contribution < 1.29 is 23.8 Å². The minimum atomic E-state index is -0.644. The lowest BCUT2D eigenvalue weighted by Gasteiger charge is -2.36. The van der Waals surface area contributed by atoms with E-state index in [1.165, 1.54) is 13.2 Å². The van der Waals surface area contributed by atoms with Crippen molar-refractivity contribution in [3.8, 4) is 11.5 Å².